The van der Waals surface area contributed by atoms with Crippen molar-refractivity contribution in [2.45, 2.75) is 45.9 Å². The maximum absolute atomic E-state index is 12.2. The number of hydrogen-bond acceptors (Lipinski definition) is 6. The highest BCUT2D eigenvalue weighted by atomic mass is 16.6. The van der Waals surface area contributed by atoms with Gasteiger partial charge in [-0.15, -0.1) is 0 Å². The van der Waals surface area contributed by atoms with Gasteiger partial charge in [0.2, 0.25) is 0 Å². The van der Waals surface area contributed by atoms with Crippen molar-refractivity contribution in [1.82, 2.24) is 14.9 Å². The molecule has 8 nitrogen and oxygen atoms in total. The Morgan fingerprint density at radius 1 is 1.37 bits per heavy atom. The van der Waals surface area contributed by atoms with Gasteiger partial charge in [-0.25, -0.2) is 9.78 Å². The molecule has 0 aromatic carbocycles. The summed E-state index contributed by atoms with van der Waals surface area (Å²) >= 11 is 0. The lowest BCUT2D eigenvalue weighted by atomic mass is 10.2. The van der Waals surface area contributed by atoms with Gasteiger partial charge < -0.3 is 20.5 Å². The van der Waals surface area contributed by atoms with Gasteiger partial charge in [-0.3, -0.25) is 9.36 Å². The van der Waals surface area contributed by atoms with E-state index in [1.54, 1.807) is 57.4 Å². The highest BCUT2D eigenvalue weighted by Gasteiger charge is 2.17. The van der Waals surface area contributed by atoms with Crippen molar-refractivity contribution in [3.8, 4) is 5.82 Å². The van der Waals surface area contributed by atoms with E-state index in [9.17, 15) is 9.59 Å². The van der Waals surface area contributed by atoms with E-state index >= 15 is 0 Å². The Morgan fingerprint density at radius 2 is 2.11 bits per heavy atom. The third-order valence-electron chi connectivity index (χ3n) is 3.40. The van der Waals surface area contributed by atoms with Gasteiger partial charge in [-0.05, 0) is 51.5 Å². The van der Waals surface area contributed by atoms with Crippen LogP contribution in [-0.4, -0.2) is 33.9 Å². The fraction of sp³-hybridized carbons (Fsp3) is 0.421. The van der Waals surface area contributed by atoms with E-state index in [1.165, 1.54) is 4.57 Å². The molecular formula is C19H26N4O4. The average molecular weight is 374 g/mol. The van der Waals surface area contributed by atoms with Gasteiger partial charge in [0.1, 0.15) is 11.4 Å². The quantitative estimate of drug-likeness (QED) is 0.803. The first kappa shape index (κ1) is 20.4. The Bertz CT molecular complexity index is 828. The minimum atomic E-state index is -0.554. The van der Waals surface area contributed by atoms with Crippen molar-refractivity contribution in [3.05, 3.63) is 52.6 Å². The van der Waals surface area contributed by atoms with E-state index in [2.05, 4.69) is 10.3 Å². The predicted molar refractivity (Wildman–Crippen MR) is 103 cm³/mol. The maximum Gasteiger partial charge on any atom is 0.407 e. The summed E-state index contributed by atoms with van der Waals surface area (Å²) in [6.45, 7) is 7.73. The Kier molecular flexibility index (Phi) is 6.57. The molecule has 1 atom stereocenters. The SMILES string of the molecule is C[C@H](COCc1cc(N)c(=O)n(-c2ccccn2)c1)NC(=O)OC(C)(C)C. The standard InChI is InChI=1S/C19H26N4O4/c1-13(22-18(25)27-19(2,3)4)11-26-12-14-9-15(20)17(24)23(10-14)16-7-5-6-8-21-16/h5-10,13H,11-12,20H2,1-4H3,(H,22,25)/t13-/m1/s1. The summed E-state index contributed by atoms with van der Waals surface area (Å²) in [6, 6.07) is 6.62. The summed E-state index contributed by atoms with van der Waals surface area (Å²) in [5.74, 6) is 0.482. The van der Waals surface area contributed by atoms with Gasteiger partial charge in [-0.2, -0.15) is 0 Å². The van der Waals surface area contributed by atoms with Crippen LogP contribution in [0.4, 0.5) is 10.5 Å². The van der Waals surface area contributed by atoms with Crippen LogP contribution in [0.2, 0.25) is 0 Å². The number of hydrogen-bond donors (Lipinski definition) is 2. The number of rotatable bonds is 6. The molecule has 2 aromatic heterocycles. The number of nitrogens with one attached hydrogen (secondary N) is 1. The van der Waals surface area contributed by atoms with Gasteiger partial charge >= 0.3 is 6.09 Å². The average Bonchev–Trinajstić information content (AvgIpc) is 2.56. The van der Waals surface area contributed by atoms with Gasteiger partial charge in [-0.1, -0.05) is 6.07 Å². The van der Waals surface area contributed by atoms with Crippen LogP contribution < -0.4 is 16.6 Å². The van der Waals surface area contributed by atoms with Gasteiger partial charge in [0.05, 0.1) is 24.9 Å². The van der Waals surface area contributed by atoms with Crippen molar-refractivity contribution >= 4 is 11.8 Å². The molecule has 27 heavy (non-hydrogen) atoms. The molecule has 2 heterocycles. The zero-order valence-corrected chi connectivity index (χ0v) is 16.1. The number of pyridine rings is 2. The number of aromatic nitrogens is 2. The Labute approximate surface area is 158 Å². The molecule has 0 bridgehead atoms. The van der Waals surface area contributed by atoms with Crippen LogP contribution in [0.15, 0.2) is 41.5 Å². The number of anilines is 1. The summed E-state index contributed by atoms with van der Waals surface area (Å²) in [6.07, 6.45) is 2.75. The molecule has 0 saturated carbocycles. The number of carbonyl (C=O) groups excluding carboxylic acids is 1. The fourth-order valence-corrected chi connectivity index (χ4v) is 2.31. The Balaban J connectivity index is 1.96. The van der Waals surface area contributed by atoms with E-state index < -0.39 is 11.7 Å². The third-order valence-corrected chi connectivity index (χ3v) is 3.40. The van der Waals surface area contributed by atoms with Crippen molar-refractivity contribution in [2.75, 3.05) is 12.3 Å². The maximum atomic E-state index is 12.2. The summed E-state index contributed by atoms with van der Waals surface area (Å²) in [7, 11) is 0. The van der Waals surface area contributed by atoms with E-state index in [-0.39, 0.29) is 30.5 Å². The van der Waals surface area contributed by atoms with Gasteiger partial charge in [0.15, 0.2) is 0 Å². The Morgan fingerprint density at radius 3 is 2.74 bits per heavy atom. The molecule has 0 saturated heterocycles. The number of nitrogen functional groups attached to an aromatic ring is 1. The number of nitrogens with two attached hydrogens (primary N) is 1. The first-order valence-corrected chi connectivity index (χ1v) is 8.65. The number of ether oxygens (including phenoxy) is 2. The third kappa shape index (κ3) is 6.41. The van der Waals surface area contributed by atoms with Gasteiger partial charge in [0.25, 0.3) is 5.56 Å². The van der Waals surface area contributed by atoms with Crippen molar-refractivity contribution < 1.29 is 14.3 Å². The molecule has 0 aliphatic rings. The summed E-state index contributed by atoms with van der Waals surface area (Å²) in [4.78, 5) is 28.1. The van der Waals surface area contributed by atoms with E-state index in [1.807, 2.05) is 6.92 Å². The molecule has 2 rings (SSSR count). The number of carbonyl (C=O) groups is 1. The van der Waals surface area contributed by atoms with Crippen LogP contribution in [0.3, 0.4) is 0 Å². The molecule has 0 spiro atoms. The highest BCUT2D eigenvalue weighted by molar-refractivity contribution is 5.68. The summed E-state index contributed by atoms with van der Waals surface area (Å²) in [5, 5.41) is 2.70. The largest absolute Gasteiger partial charge is 0.444 e. The topological polar surface area (TPSA) is 108 Å². The minimum absolute atomic E-state index is 0.113. The predicted octanol–water partition coefficient (Wildman–Crippen LogP) is 2.24. The normalized spacial score (nSPS) is 12.4. The lowest BCUT2D eigenvalue weighted by Crippen LogP contribution is -2.39. The molecule has 3 N–H and O–H groups in total. The first-order chi connectivity index (χ1) is 12.7. The summed E-state index contributed by atoms with van der Waals surface area (Å²) in [5.41, 5.74) is 5.77. The van der Waals surface area contributed by atoms with E-state index in [0.29, 0.717) is 5.82 Å². The molecule has 2 aromatic rings. The lowest BCUT2D eigenvalue weighted by Gasteiger charge is -2.22. The lowest BCUT2D eigenvalue weighted by molar-refractivity contribution is 0.0442. The van der Waals surface area contributed by atoms with Crippen LogP contribution in [0.5, 0.6) is 0 Å². The zero-order valence-electron chi connectivity index (χ0n) is 16.1. The van der Waals surface area contributed by atoms with Crippen LogP contribution in [-0.2, 0) is 16.1 Å². The number of amides is 1. The second-order valence-electron chi connectivity index (χ2n) is 7.23. The second-order valence-corrected chi connectivity index (χ2v) is 7.23. The molecule has 8 heteroatoms. The van der Waals surface area contributed by atoms with Crippen LogP contribution in [0.1, 0.15) is 33.3 Å². The molecule has 146 valence electrons. The monoisotopic (exact) mass is 374 g/mol. The summed E-state index contributed by atoms with van der Waals surface area (Å²) < 4.78 is 12.2. The van der Waals surface area contributed by atoms with Crippen LogP contribution in [0.25, 0.3) is 5.82 Å². The van der Waals surface area contributed by atoms with Crippen LogP contribution >= 0.6 is 0 Å². The number of alkyl carbamates (subject to hydrolysis) is 1. The molecule has 0 aliphatic heterocycles. The van der Waals surface area contributed by atoms with Gasteiger partial charge in [0, 0.05) is 12.4 Å². The molecule has 0 aliphatic carbocycles. The van der Waals surface area contributed by atoms with E-state index in [0.717, 1.165) is 5.56 Å². The Hall–Kier alpha value is -2.87. The van der Waals surface area contributed by atoms with Crippen molar-refractivity contribution in [2.24, 2.45) is 0 Å². The van der Waals surface area contributed by atoms with E-state index in [4.69, 9.17) is 15.2 Å². The fourth-order valence-electron chi connectivity index (χ4n) is 2.31. The van der Waals surface area contributed by atoms with Crippen molar-refractivity contribution in [3.63, 3.8) is 0 Å². The minimum Gasteiger partial charge on any atom is -0.444 e. The highest BCUT2D eigenvalue weighted by Crippen LogP contribution is 2.09. The first-order valence-electron chi connectivity index (χ1n) is 8.65. The molecule has 0 radical (unpaired) electrons. The molecular weight excluding hydrogens is 348 g/mol. The van der Waals surface area contributed by atoms with Crippen molar-refractivity contribution in [1.29, 1.82) is 0 Å². The smallest absolute Gasteiger partial charge is 0.407 e. The molecule has 1 amide bonds. The second kappa shape index (κ2) is 8.68. The van der Waals surface area contributed by atoms with Crippen LogP contribution in [0, 0.1) is 0 Å². The molecule has 0 unspecified atom stereocenters. The number of nitrogens with zero attached hydrogens (tertiary/aromatic N) is 2. The zero-order chi connectivity index (χ0) is 20.0. The molecule has 0 fully saturated rings.